The molecular formula is C14H23Cl2F2N5O2. The largest absolute Gasteiger partial charge is 0.339 e. The average Bonchev–Trinajstić information content (AvgIpc) is 3.13. The highest BCUT2D eigenvalue weighted by Gasteiger charge is 2.43. The van der Waals surface area contributed by atoms with Crippen molar-refractivity contribution < 1.29 is 18.1 Å². The Morgan fingerprint density at radius 3 is 2.52 bits per heavy atom. The lowest BCUT2D eigenvalue weighted by atomic mass is 10.1. The van der Waals surface area contributed by atoms with Gasteiger partial charge < -0.3 is 9.42 Å². The summed E-state index contributed by atoms with van der Waals surface area (Å²) in [6, 6.07) is -0.763. The van der Waals surface area contributed by atoms with Gasteiger partial charge in [0.25, 0.3) is 5.92 Å². The second kappa shape index (κ2) is 9.07. The molecule has 144 valence electrons. The van der Waals surface area contributed by atoms with Crippen LogP contribution >= 0.6 is 24.8 Å². The van der Waals surface area contributed by atoms with Crippen LogP contribution in [0.2, 0.25) is 0 Å². The molecule has 3 heterocycles. The summed E-state index contributed by atoms with van der Waals surface area (Å²) in [4.78, 5) is 20.3. The molecule has 2 fully saturated rings. The molecule has 0 aliphatic carbocycles. The molecule has 11 heteroatoms. The minimum atomic E-state index is -2.78. The number of halogens is 4. The Morgan fingerprint density at radius 1 is 1.32 bits per heavy atom. The third-order valence-corrected chi connectivity index (χ3v) is 4.27. The molecule has 1 amide bonds. The van der Waals surface area contributed by atoms with Gasteiger partial charge in [-0.1, -0.05) is 12.1 Å². The monoisotopic (exact) mass is 401 g/mol. The van der Waals surface area contributed by atoms with Gasteiger partial charge in [-0.3, -0.25) is 15.0 Å². The van der Waals surface area contributed by atoms with Crippen molar-refractivity contribution in [1.82, 2.24) is 25.3 Å². The van der Waals surface area contributed by atoms with Crippen LogP contribution in [0.25, 0.3) is 0 Å². The van der Waals surface area contributed by atoms with Crippen LogP contribution < -0.4 is 5.32 Å². The molecule has 2 aliphatic heterocycles. The summed E-state index contributed by atoms with van der Waals surface area (Å²) in [5.74, 6) is -1.76. The summed E-state index contributed by atoms with van der Waals surface area (Å²) in [5.41, 5.74) is 0. The number of carbonyl (C=O) groups excluding carboxylic acids is 1. The van der Waals surface area contributed by atoms with Crippen molar-refractivity contribution in [1.29, 1.82) is 0 Å². The Labute approximate surface area is 157 Å². The number of aryl methyl sites for hydroxylation is 1. The number of nitrogens with one attached hydrogen (secondary N) is 1. The van der Waals surface area contributed by atoms with Gasteiger partial charge in [0.1, 0.15) is 0 Å². The highest BCUT2D eigenvalue weighted by Crippen LogP contribution is 2.26. The maximum absolute atomic E-state index is 13.2. The number of rotatable bonds is 4. The first-order valence-corrected chi connectivity index (χ1v) is 7.90. The van der Waals surface area contributed by atoms with E-state index in [0.29, 0.717) is 50.9 Å². The van der Waals surface area contributed by atoms with Crippen molar-refractivity contribution in [3.8, 4) is 0 Å². The molecule has 0 saturated carbocycles. The minimum absolute atomic E-state index is 0. The fraction of sp³-hybridized carbons (Fsp3) is 0.786. The van der Waals surface area contributed by atoms with Gasteiger partial charge in [0.15, 0.2) is 5.82 Å². The lowest BCUT2D eigenvalue weighted by molar-refractivity contribution is -0.135. The minimum Gasteiger partial charge on any atom is -0.339 e. The van der Waals surface area contributed by atoms with Gasteiger partial charge in [0.05, 0.1) is 19.1 Å². The molecule has 1 N–H and O–H groups in total. The Kier molecular flexibility index (Phi) is 7.98. The molecule has 7 nitrogen and oxygen atoms in total. The van der Waals surface area contributed by atoms with Gasteiger partial charge in [0.2, 0.25) is 11.8 Å². The van der Waals surface area contributed by atoms with Crippen LogP contribution in [0.1, 0.15) is 25.1 Å². The van der Waals surface area contributed by atoms with Gasteiger partial charge in [0, 0.05) is 39.0 Å². The van der Waals surface area contributed by atoms with Gasteiger partial charge in [-0.25, -0.2) is 8.78 Å². The van der Waals surface area contributed by atoms with Crippen LogP contribution in [0.5, 0.6) is 0 Å². The maximum Gasteiger partial charge on any atom is 0.262 e. The van der Waals surface area contributed by atoms with Gasteiger partial charge in [-0.05, 0) is 0 Å². The van der Waals surface area contributed by atoms with Crippen LogP contribution in [0, 0.1) is 0 Å². The molecule has 0 aromatic carbocycles. The van der Waals surface area contributed by atoms with Crippen molar-refractivity contribution in [2.24, 2.45) is 0 Å². The summed E-state index contributed by atoms with van der Waals surface area (Å²) in [7, 11) is 0. The topological polar surface area (TPSA) is 74.5 Å². The number of piperazine rings is 1. The summed E-state index contributed by atoms with van der Waals surface area (Å²) >= 11 is 0. The fourth-order valence-electron chi connectivity index (χ4n) is 2.93. The number of alkyl halides is 2. The van der Waals surface area contributed by atoms with E-state index in [1.807, 2.05) is 6.92 Å². The van der Waals surface area contributed by atoms with E-state index in [-0.39, 0.29) is 30.7 Å². The van der Waals surface area contributed by atoms with Crippen molar-refractivity contribution in [3.05, 3.63) is 11.7 Å². The second-order valence-electron chi connectivity index (χ2n) is 6.05. The lowest BCUT2D eigenvalue weighted by Crippen LogP contribution is -2.52. The molecule has 1 unspecified atom stereocenters. The normalized spacial score (nSPS) is 23.0. The van der Waals surface area contributed by atoms with Crippen LogP contribution in [0.4, 0.5) is 8.78 Å². The van der Waals surface area contributed by atoms with Crippen molar-refractivity contribution in [2.75, 3.05) is 32.7 Å². The molecular weight excluding hydrogens is 379 g/mol. The predicted molar refractivity (Wildman–Crippen MR) is 91.4 cm³/mol. The fourth-order valence-corrected chi connectivity index (χ4v) is 2.93. The Bertz CT molecular complexity index is 567. The number of carbonyl (C=O) groups is 1. The zero-order valence-corrected chi connectivity index (χ0v) is 15.5. The third-order valence-electron chi connectivity index (χ3n) is 4.27. The molecule has 2 aliphatic rings. The van der Waals surface area contributed by atoms with E-state index in [1.165, 1.54) is 0 Å². The van der Waals surface area contributed by atoms with Crippen molar-refractivity contribution >= 4 is 30.7 Å². The van der Waals surface area contributed by atoms with Gasteiger partial charge in [-0.2, -0.15) is 4.98 Å². The van der Waals surface area contributed by atoms with Crippen LogP contribution in [0.3, 0.4) is 0 Å². The third kappa shape index (κ3) is 5.47. The molecule has 1 atom stereocenters. The van der Waals surface area contributed by atoms with Crippen molar-refractivity contribution in [3.63, 3.8) is 0 Å². The van der Waals surface area contributed by atoms with E-state index < -0.39 is 24.9 Å². The summed E-state index contributed by atoms with van der Waals surface area (Å²) in [5, 5.41) is 6.53. The molecule has 1 aromatic rings. The predicted octanol–water partition coefficient (Wildman–Crippen LogP) is 1.12. The van der Waals surface area contributed by atoms with E-state index in [4.69, 9.17) is 4.52 Å². The first kappa shape index (κ1) is 22.0. The quantitative estimate of drug-likeness (QED) is 0.814. The Balaban J connectivity index is 0.00000156. The number of amides is 1. The van der Waals surface area contributed by atoms with Crippen LogP contribution in [0.15, 0.2) is 4.52 Å². The van der Waals surface area contributed by atoms with Gasteiger partial charge in [-0.15, -0.1) is 24.8 Å². The molecule has 0 spiro atoms. The number of hydrogen-bond donors (Lipinski definition) is 1. The van der Waals surface area contributed by atoms with Gasteiger partial charge >= 0.3 is 0 Å². The van der Waals surface area contributed by atoms with E-state index >= 15 is 0 Å². The number of hydrogen-bond acceptors (Lipinski definition) is 6. The van der Waals surface area contributed by atoms with Crippen LogP contribution in [-0.4, -0.2) is 70.5 Å². The molecule has 25 heavy (non-hydrogen) atoms. The zero-order chi connectivity index (χ0) is 16.4. The second-order valence-corrected chi connectivity index (χ2v) is 6.05. The van der Waals surface area contributed by atoms with E-state index in [2.05, 4.69) is 20.4 Å². The number of nitrogens with zero attached hydrogens (tertiary/aromatic N) is 4. The Hall–Kier alpha value is -1.03. The molecule has 1 aromatic heterocycles. The first-order valence-electron chi connectivity index (χ1n) is 7.90. The number of aromatic nitrogens is 2. The molecule has 3 rings (SSSR count). The highest BCUT2D eigenvalue weighted by molar-refractivity contribution is 5.85. The first-order chi connectivity index (χ1) is 11.0. The molecule has 0 bridgehead atoms. The van der Waals surface area contributed by atoms with E-state index in [9.17, 15) is 13.6 Å². The molecule has 0 radical (unpaired) electrons. The highest BCUT2D eigenvalue weighted by atomic mass is 35.5. The standard InChI is InChI=1S/C14H21F2N5O2.2ClH/c1-2-12-18-11(19-23-12)8-20-3-5-21(6-4-20)13(22)10-7-14(15,16)9-17-10;;/h10,17H,2-9H2,1H3;2*1H. The zero-order valence-electron chi connectivity index (χ0n) is 13.9. The molecule has 2 saturated heterocycles. The van der Waals surface area contributed by atoms with Crippen molar-refractivity contribution in [2.45, 2.75) is 38.3 Å². The average molecular weight is 402 g/mol. The maximum atomic E-state index is 13.2. The smallest absolute Gasteiger partial charge is 0.262 e. The summed E-state index contributed by atoms with van der Waals surface area (Å²) in [6.07, 6.45) is 0.295. The lowest BCUT2D eigenvalue weighted by Gasteiger charge is -2.35. The van der Waals surface area contributed by atoms with E-state index in [1.54, 1.807) is 4.90 Å². The SMILES string of the molecule is CCc1nc(CN2CCN(C(=O)C3CC(F)(F)CN3)CC2)no1.Cl.Cl. The van der Waals surface area contributed by atoms with E-state index in [0.717, 1.165) is 0 Å². The summed E-state index contributed by atoms with van der Waals surface area (Å²) < 4.78 is 31.5. The summed E-state index contributed by atoms with van der Waals surface area (Å²) in [6.45, 7) is 4.51. The van der Waals surface area contributed by atoms with Crippen LogP contribution in [-0.2, 0) is 17.8 Å². The Morgan fingerprint density at radius 2 is 2.00 bits per heavy atom.